The van der Waals surface area contributed by atoms with Crippen LogP contribution in [0.2, 0.25) is 0 Å². The van der Waals surface area contributed by atoms with Crippen LogP contribution >= 0.6 is 0 Å². The van der Waals surface area contributed by atoms with Gasteiger partial charge < -0.3 is 10.5 Å². The maximum absolute atomic E-state index is 13.1. The third kappa shape index (κ3) is 2.51. The average molecular weight is 245 g/mol. The topological polar surface area (TPSA) is 35.2 Å². The van der Waals surface area contributed by atoms with Crippen LogP contribution in [-0.4, -0.2) is 7.11 Å². The Morgan fingerprint density at radius 1 is 1.11 bits per heavy atom. The average Bonchev–Trinajstić information content (AvgIpc) is 2.38. The Labute approximate surface area is 106 Å². The van der Waals surface area contributed by atoms with Crippen LogP contribution in [0.15, 0.2) is 42.5 Å². The van der Waals surface area contributed by atoms with E-state index in [9.17, 15) is 4.39 Å². The second-order valence-corrected chi connectivity index (χ2v) is 4.26. The molecule has 94 valence electrons. The molecule has 0 unspecified atom stereocenters. The number of ether oxygens (including phenoxy) is 1. The third-order valence-corrected chi connectivity index (χ3v) is 2.91. The Morgan fingerprint density at radius 3 is 2.33 bits per heavy atom. The lowest BCUT2D eigenvalue weighted by atomic mass is 10.0. The fraction of sp³-hybridized carbons (Fsp3) is 0.200. The van der Waals surface area contributed by atoms with Gasteiger partial charge in [0.05, 0.1) is 7.11 Å². The molecule has 0 heterocycles. The fourth-order valence-electron chi connectivity index (χ4n) is 1.87. The van der Waals surface area contributed by atoms with E-state index in [0.29, 0.717) is 5.75 Å². The largest absolute Gasteiger partial charge is 0.496 e. The fourth-order valence-corrected chi connectivity index (χ4v) is 1.87. The lowest BCUT2D eigenvalue weighted by molar-refractivity contribution is 0.413. The zero-order valence-electron chi connectivity index (χ0n) is 10.5. The minimum atomic E-state index is -0.303. The molecular weight excluding hydrogens is 229 g/mol. The maximum Gasteiger partial charge on any atom is 0.129 e. The molecule has 0 radical (unpaired) electrons. The summed E-state index contributed by atoms with van der Waals surface area (Å²) in [5.41, 5.74) is 8.73. The van der Waals surface area contributed by atoms with Crippen molar-refractivity contribution in [1.82, 2.24) is 0 Å². The normalized spacial score (nSPS) is 12.2. The second-order valence-electron chi connectivity index (χ2n) is 4.26. The van der Waals surface area contributed by atoms with Crippen LogP contribution < -0.4 is 10.5 Å². The zero-order chi connectivity index (χ0) is 13.1. The summed E-state index contributed by atoms with van der Waals surface area (Å²) in [6.07, 6.45) is 0. The molecule has 0 saturated carbocycles. The molecule has 0 amide bonds. The van der Waals surface area contributed by atoms with Gasteiger partial charge in [0.2, 0.25) is 0 Å². The first-order valence-electron chi connectivity index (χ1n) is 5.81. The van der Waals surface area contributed by atoms with Crippen LogP contribution in [0.3, 0.4) is 0 Å². The van der Waals surface area contributed by atoms with Gasteiger partial charge in [-0.25, -0.2) is 4.39 Å². The molecule has 0 aliphatic rings. The highest BCUT2D eigenvalue weighted by Gasteiger charge is 2.07. The summed E-state index contributed by atoms with van der Waals surface area (Å²) in [5, 5.41) is 0. The van der Waals surface area contributed by atoms with Crippen molar-refractivity contribution >= 4 is 0 Å². The van der Waals surface area contributed by atoms with Crippen molar-refractivity contribution < 1.29 is 9.13 Å². The van der Waals surface area contributed by atoms with Gasteiger partial charge in [-0.05, 0) is 30.2 Å². The van der Waals surface area contributed by atoms with Gasteiger partial charge in [0, 0.05) is 17.7 Å². The molecule has 0 aliphatic carbocycles. The van der Waals surface area contributed by atoms with E-state index in [1.807, 2.05) is 31.2 Å². The van der Waals surface area contributed by atoms with E-state index in [1.165, 1.54) is 19.2 Å². The zero-order valence-corrected chi connectivity index (χ0v) is 10.5. The van der Waals surface area contributed by atoms with Crippen LogP contribution in [-0.2, 0) is 0 Å². The van der Waals surface area contributed by atoms with Gasteiger partial charge in [-0.3, -0.25) is 0 Å². The van der Waals surface area contributed by atoms with E-state index in [1.54, 1.807) is 6.07 Å². The van der Waals surface area contributed by atoms with E-state index < -0.39 is 0 Å². The lowest BCUT2D eigenvalue weighted by Crippen LogP contribution is -2.04. The molecule has 2 rings (SSSR count). The SMILES string of the molecule is COc1cc(F)ccc1-c1ccc([C@@H](C)N)cc1. The Bertz CT molecular complexity index is 535. The van der Waals surface area contributed by atoms with E-state index in [4.69, 9.17) is 10.5 Å². The molecule has 0 saturated heterocycles. The van der Waals surface area contributed by atoms with Gasteiger partial charge in [-0.1, -0.05) is 24.3 Å². The summed E-state index contributed by atoms with van der Waals surface area (Å²) in [7, 11) is 1.54. The summed E-state index contributed by atoms with van der Waals surface area (Å²) in [6, 6.07) is 12.4. The van der Waals surface area contributed by atoms with Crippen molar-refractivity contribution in [1.29, 1.82) is 0 Å². The summed E-state index contributed by atoms with van der Waals surface area (Å²) in [6.45, 7) is 1.94. The van der Waals surface area contributed by atoms with Crippen LogP contribution in [0.5, 0.6) is 5.75 Å². The molecule has 0 bridgehead atoms. The lowest BCUT2D eigenvalue weighted by Gasteiger charge is -2.10. The summed E-state index contributed by atoms with van der Waals surface area (Å²) in [5.74, 6) is 0.228. The number of benzene rings is 2. The molecule has 2 nitrogen and oxygen atoms in total. The van der Waals surface area contributed by atoms with E-state index in [0.717, 1.165) is 16.7 Å². The molecule has 2 aromatic rings. The monoisotopic (exact) mass is 245 g/mol. The van der Waals surface area contributed by atoms with E-state index in [2.05, 4.69) is 0 Å². The Balaban J connectivity index is 2.42. The Kier molecular flexibility index (Phi) is 3.63. The van der Waals surface area contributed by atoms with E-state index in [-0.39, 0.29) is 11.9 Å². The molecule has 2 aromatic carbocycles. The molecule has 0 aromatic heterocycles. The van der Waals surface area contributed by atoms with Crippen LogP contribution in [0.1, 0.15) is 18.5 Å². The first-order chi connectivity index (χ1) is 8.61. The molecule has 18 heavy (non-hydrogen) atoms. The Morgan fingerprint density at radius 2 is 1.78 bits per heavy atom. The highest BCUT2D eigenvalue weighted by atomic mass is 19.1. The highest BCUT2D eigenvalue weighted by molar-refractivity contribution is 5.70. The van der Waals surface area contributed by atoms with Crippen LogP contribution in [0.4, 0.5) is 4.39 Å². The smallest absolute Gasteiger partial charge is 0.129 e. The quantitative estimate of drug-likeness (QED) is 0.898. The van der Waals surface area contributed by atoms with Crippen molar-refractivity contribution in [2.75, 3.05) is 7.11 Å². The minimum absolute atomic E-state index is 0.00848. The van der Waals surface area contributed by atoms with Crippen molar-refractivity contribution in [2.45, 2.75) is 13.0 Å². The van der Waals surface area contributed by atoms with Crippen LogP contribution in [0.25, 0.3) is 11.1 Å². The first kappa shape index (κ1) is 12.6. The third-order valence-electron chi connectivity index (χ3n) is 2.91. The predicted octanol–water partition coefficient (Wildman–Crippen LogP) is 3.52. The van der Waals surface area contributed by atoms with Gasteiger partial charge in [0.15, 0.2) is 0 Å². The minimum Gasteiger partial charge on any atom is -0.496 e. The maximum atomic E-state index is 13.1. The number of methoxy groups -OCH3 is 1. The van der Waals surface area contributed by atoms with Crippen molar-refractivity contribution in [2.24, 2.45) is 5.73 Å². The molecule has 1 atom stereocenters. The molecule has 0 spiro atoms. The Hall–Kier alpha value is -1.87. The predicted molar refractivity (Wildman–Crippen MR) is 71.0 cm³/mol. The van der Waals surface area contributed by atoms with Gasteiger partial charge >= 0.3 is 0 Å². The molecule has 0 fully saturated rings. The number of nitrogens with two attached hydrogens (primary N) is 1. The number of hydrogen-bond acceptors (Lipinski definition) is 2. The number of halogens is 1. The number of hydrogen-bond donors (Lipinski definition) is 1. The molecule has 2 N–H and O–H groups in total. The van der Waals surface area contributed by atoms with Crippen molar-refractivity contribution in [3.63, 3.8) is 0 Å². The highest BCUT2D eigenvalue weighted by Crippen LogP contribution is 2.31. The second kappa shape index (κ2) is 5.19. The standard InChI is InChI=1S/C15H16FNO/c1-10(17)11-3-5-12(6-4-11)14-8-7-13(16)9-15(14)18-2/h3-10H,17H2,1-2H3/t10-/m1/s1. The molecular formula is C15H16FNO. The van der Waals surface area contributed by atoms with Crippen LogP contribution in [0, 0.1) is 5.82 Å². The molecule has 3 heteroatoms. The summed E-state index contributed by atoms with van der Waals surface area (Å²) >= 11 is 0. The summed E-state index contributed by atoms with van der Waals surface area (Å²) < 4.78 is 18.3. The molecule has 0 aliphatic heterocycles. The summed E-state index contributed by atoms with van der Waals surface area (Å²) in [4.78, 5) is 0. The van der Waals surface area contributed by atoms with Crippen molar-refractivity contribution in [3.8, 4) is 16.9 Å². The van der Waals surface area contributed by atoms with Gasteiger partial charge in [0.25, 0.3) is 0 Å². The number of rotatable bonds is 3. The van der Waals surface area contributed by atoms with E-state index >= 15 is 0 Å². The van der Waals surface area contributed by atoms with Gasteiger partial charge in [-0.2, -0.15) is 0 Å². The first-order valence-corrected chi connectivity index (χ1v) is 5.81. The van der Waals surface area contributed by atoms with Gasteiger partial charge in [-0.15, -0.1) is 0 Å². The van der Waals surface area contributed by atoms with Crippen molar-refractivity contribution in [3.05, 3.63) is 53.8 Å². The van der Waals surface area contributed by atoms with Gasteiger partial charge in [0.1, 0.15) is 11.6 Å².